The first-order valence-electron chi connectivity index (χ1n) is 6.17. The number of nitrogens with one attached hydrogen (secondary N) is 1. The predicted molar refractivity (Wildman–Crippen MR) is 84.1 cm³/mol. The van der Waals surface area contributed by atoms with E-state index in [0.717, 1.165) is 15.6 Å². The molecular formula is C15H15BrClFN2. The first kappa shape index (κ1) is 15.4. The Kier molecular flexibility index (Phi) is 5.16. The third-order valence-electron chi connectivity index (χ3n) is 3.16. The highest BCUT2D eigenvalue weighted by Gasteiger charge is 2.16. The summed E-state index contributed by atoms with van der Waals surface area (Å²) in [6.45, 7) is 2.00. The summed E-state index contributed by atoms with van der Waals surface area (Å²) in [6.07, 6.45) is 0.422. The Morgan fingerprint density at radius 2 is 2.05 bits per heavy atom. The van der Waals surface area contributed by atoms with Crippen molar-refractivity contribution in [1.29, 1.82) is 0 Å². The zero-order valence-corrected chi connectivity index (χ0v) is 13.3. The molecule has 0 amide bonds. The minimum atomic E-state index is -0.279. The fourth-order valence-corrected chi connectivity index (χ4v) is 2.83. The predicted octanol–water partition coefficient (Wildman–Crippen LogP) is 4.30. The maximum atomic E-state index is 13.8. The van der Waals surface area contributed by atoms with Gasteiger partial charge in [0.25, 0.3) is 0 Å². The van der Waals surface area contributed by atoms with Crippen LogP contribution in [0.4, 0.5) is 4.39 Å². The Morgan fingerprint density at radius 3 is 2.75 bits per heavy atom. The van der Waals surface area contributed by atoms with Crippen LogP contribution in [0.25, 0.3) is 0 Å². The molecule has 2 aromatic carbocycles. The van der Waals surface area contributed by atoms with Gasteiger partial charge in [0, 0.05) is 9.50 Å². The van der Waals surface area contributed by atoms with Gasteiger partial charge in [0.1, 0.15) is 5.82 Å². The van der Waals surface area contributed by atoms with Gasteiger partial charge in [-0.25, -0.2) is 4.39 Å². The van der Waals surface area contributed by atoms with Crippen LogP contribution in [0.1, 0.15) is 22.7 Å². The maximum Gasteiger partial charge on any atom is 0.126 e. The van der Waals surface area contributed by atoms with Crippen molar-refractivity contribution < 1.29 is 4.39 Å². The molecular weight excluding hydrogens is 343 g/mol. The number of benzene rings is 2. The van der Waals surface area contributed by atoms with Crippen LogP contribution in [0.15, 0.2) is 40.9 Å². The van der Waals surface area contributed by atoms with Gasteiger partial charge in [0.15, 0.2) is 0 Å². The van der Waals surface area contributed by atoms with Gasteiger partial charge in [-0.3, -0.25) is 11.3 Å². The zero-order valence-electron chi connectivity index (χ0n) is 11.0. The lowest BCUT2D eigenvalue weighted by Gasteiger charge is -2.19. The van der Waals surface area contributed by atoms with Crippen molar-refractivity contribution in [3.8, 4) is 0 Å². The van der Waals surface area contributed by atoms with Crippen molar-refractivity contribution in [2.45, 2.75) is 19.4 Å². The molecule has 0 fully saturated rings. The van der Waals surface area contributed by atoms with Crippen LogP contribution in [0, 0.1) is 12.7 Å². The third-order valence-corrected chi connectivity index (χ3v) is 4.12. The molecule has 106 valence electrons. The molecule has 1 atom stereocenters. The molecule has 0 saturated carbocycles. The first-order chi connectivity index (χ1) is 9.51. The highest BCUT2D eigenvalue weighted by molar-refractivity contribution is 9.10. The second-order valence-corrected chi connectivity index (χ2v) is 5.97. The number of aryl methyl sites for hydroxylation is 1. The summed E-state index contributed by atoms with van der Waals surface area (Å²) in [4.78, 5) is 0. The maximum absolute atomic E-state index is 13.8. The van der Waals surface area contributed by atoms with Gasteiger partial charge < -0.3 is 0 Å². The molecule has 0 aliphatic rings. The summed E-state index contributed by atoms with van der Waals surface area (Å²) in [7, 11) is 0. The van der Waals surface area contributed by atoms with E-state index in [1.54, 1.807) is 6.07 Å². The first-order valence-corrected chi connectivity index (χ1v) is 7.34. The van der Waals surface area contributed by atoms with E-state index in [1.165, 1.54) is 12.1 Å². The van der Waals surface area contributed by atoms with Crippen molar-refractivity contribution in [3.63, 3.8) is 0 Å². The molecule has 0 bridgehead atoms. The minimum Gasteiger partial charge on any atom is -0.271 e. The molecule has 0 radical (unpaired) electrons. The Balaban J connectivity index is 2.33. The third kappa shape index (κ3) is 3.58. The fourth-order valence-electron chi connectivity index (χ4n) is 2.11. The number of hydrazine groups is 1. The van der Waals surface area contributed by atoms with Crippen LogP contribution in [0.3, 0.4) is 0 Å². The molecule has 0 heterocycles. The van der Waals surface area contributed by atoms with Crippen molar-refractivity contribution >= 4 is 27.5 Å². The monoisotopic (exact) mass is 356 g/mol. The number of hydrogen-bond acceptors (Lipinski definition) is 2. The standard InChI is InChI=1S/C15H15BrClFN2/c1-9-2-4-13(16)12(6-9)15(20-19)8-10-7-11(17)3-5-14(10)18/h2-7,15,20H,8,19H2,1H3. The SMILES string of the molecule is Cc1ccc(Br)c(C(Cc2cc(Cl)ccc2F)NN)c1. The van der Waals surface area contributed by atoms with Crippen molar-refractivity contribution in [1.82, 2.24) is 5.43 Å². The van der Waals surface area contributed by atoms with Gasteiger partial charge in [-0.2, -0.15) is 0 Å². The van der Waals surface area contributed by atoms with Crippen LogP contribution in [-0.2, 0) is 6.42 Å². The molecule has 0 spiro atoms. The van der Waals surface area contributed by atoms with E-state index in [9.17, 15) is 4.39 Å². The van der Waals surface area contributed by atoms with Crippen LogP contribution < -0.4 is 11.3 Å². The summed E-state index contributed by atoms with van der Waals surface area (Å²) in [5, 5.41) is 0.514. The highest BCUT2D eigenvalue weighted by atomic mass is 79.9. The van der Waals surface area contributed by atoms with Crippen LogP contribution in [0.2, 0.25) is 5.02 Å². The second kappa shape index (κ2) is 6.68. The summed E-state index contributed by atoms with van der Waals surface area (Å²) in [5.41, 5.74) is 5.39. The van der Waals surface area contributed by atoms with Gasteiger partial charge in [-0.05, 0) is 48.7 Å². The molecule has 5 heteroatoms. The van der Waals surface area contributed by atoms with Gasteiger partial charge in [0.2, 0.25) is 0 Å². The Bertz CT molecular complexity index is 619. The van der Waals surface area contributed by atoms with Crippen molar-refractivity contribution in [3.05, 3.63) is 68.4 Å². The van der Waals surface area contributed by atoms with E-state index in [1.807, 2.05) is 25.1 Å². The number of hydrogen-bond donors (Lipinski definition) is 2. The normalized spacial score (nSPS) is 12.4. The quantitative estimate of drug-likeness (QED) is 0.632. The fraction of sp³-hybridized carbons (Fsp3) is 0.200. The van der Waals surface area contributed by atoms with E-state index in [2.05, 4.69) is 21.4 Å². The lowest BCUT2D eigenvalue weighted by Crippen LogP contribution is -2.30. The average molecular weight is 358 g/mol. The van der Waals surface area contributed by atoms with E-state index in [-0.39, 0.29) is 11.9 Å². The Morgan fingerprint density at radius 1 is 1.30 bits per heavy atom. The molecule has 0 aliphatic carbocycles. The van der Waals surface area contributed by atoms with Gasteiger partial charge in [-0.1, -0.05) is 45.2 Å². The Hall–Kier alpha value is -0.940. The lowest BCUT2D eigenvalue weighted by molar-refractivity contribution is 0.527. The molecule has 0 aromatic heterocycles. The summed E-state index contributed by atoms with van der Waals surface area (Å²) < 4.78 is 14.8. The molecule has 2 rings (SSSR count). The molecule has 3 N–H and O–H groups in total. The molecule has 0 aliphatic heterocycles. The Labute approximate surface area is 131 Å². The van der Waals surface area contributed by atoms with Crippen LogP contribution >= 0.6 is 27.5 Å². The number of nitrogens with two attached hydrogens (primary N) is 1. The molecule has 20 heavy (non-hydrogen) atoms. The topological polar surface area (TPSA) is 38.0 Å². The molecule has 1 unspecified atom stereocenters. The van der Waals surface area contributed by atoms with Gasteiger partial charge in [0.05, 0.1) is 6.04 Å². The molecule has 2 nitrogen and oxygen atoms in total. The summed E-state index contributed by atoms with van der Waals surface area (Å²) >= 11 is 9.42. The zero-order chi connectivity index (χ0) is 14.7. The van der Waals surface area contributed by atoms with Crippen molar-refractivity contribution in [2.75, 3.05) is 0 Å². The number of rotatable bonds is 4. The number of halogens is 3. The molecule has 0 saturated heterocycles. The minimum absolute atomic E-state index is 0.197. The van der Waals surface area contributed by atoms with E-state index >= 15 is 0 Å². The van der Waals surface area contributed by atoms with Gasteiger partial charge in [-0.15, -0.1) is 0 Å². The highest BCUT2D eigenvalue weighted by Crippen LogP contribution is 2.28. The average Bonchev–Trinajstić information content (AvgIpc) is 2.42. The molecule has 2 aromatic rings. The van der Waals surface area contributed by atoms with Crippen LogP contribution in [-0.4, -0.2) is 0 Å². The lowest BCUT2D eigenvalue weighted by atomic mass is 9.98. The summed E-state index contributed by atoms with van der Waals surface area (Å²) in [6, 6.07) is 10.3. The van der Waals surface area contributed by atoms with E-state index < -0.39 is 0 Å². The summed E-state index contributed by atoms with van der Waals surface area (Å²) in [5.74, 6) is 5.35. The van der Waals surface area contributed by atoms with Crippen molar-refractivity contribution in [2.24, 2.45) is 5.84 Å². The van der Waals surface area contributed by atoms with Gasteiger partial charge >= 0.3 is 0 Å². The van der Waals surface area contributed by atoms with E-state index in [0.29, 0.717) is 17.0 Å². The smallest absolute Gasteiger partial charge is 0.126 e. The van der Waals surface area contributed by atoms with Crippen LogP contribution in [0.5, 0.6) is 0 Å². The largest absolute Gasteiger partial charge is 0.271 e. The van der Waals surface area contributed by atoms with E-state index in [4.69, 9.17) is 17.4 Å². The second-order valence-electron chi connectivity index (χ2n) is 4.68.